The molecule has 0 bridgehead atoms. The molecule has 0 spiro atoms. The van der Waals surface area contributed by atoms with Crippen molar-refractivity contribution in [3.63, 3.8) is 0 Å². The van der Waals surface area contributed by atoms with Gasteiger partial charge in [-0.2, -0.15) is 0 Å². The number of hydrogen-bond donors (Lipinski definition) is 1. The maximum atomic E-state index is 10.6. The van der Waals surface area contributed by atoms with Gasteiger partial charge in [0.1, 0.15) is 0 Å². The van der Waals surface area contributed by atoms with Crippen LogP contribution in [0.2, 0.25) is 0 Å². The van der Waals surface area contributed by atoms with Crippen LogP contribution >= 0.6 is 0 Å². The minimum absolute atomic E-state index is 0.407. The Morgan fingerprint density at radius 1 is 1.62 bits per heavy atom. The molecule has 13 heavy (non-hydrogen) atoms. The number of nitrogens with zero attached hydrogens (tertiary/aromatic N) is 2. The molecular weight excluding hydrogens is 166 g/mol. The van der Waals surface area contributed by atoms with E-state index in [1.807, 2.05) is 18.2 Å². The van der Waals surface area contributed by atoms with E-state index in [-0.39, 0.29) is 0 Å². The second-order valence-electron chi connectivity index (χ2n) is 2.83. The molecule has 70 valence electrons. The quantitative estimate of drug-likeness (QED) is 0.740. The summed E-state index contributed by atoms with van der Waals surface area (Å²) >= 11 is 0. The molecule has 0 aromatic carbocycles. The highest BCUT2D eigenvalue weighted by atomic mass is 16.2. The van der Waals surface area contributed by atoms with E-state index in [4.69, 9.17) is 5.73 Å². The highest BCUT2D eigenvalue weighted by Gasteiger charge is 2.02. The lowest BCUT2D eigenvalue weighted by Crippen LogP contribution is -2.33. The Kier molecular flexibility index (Phi) is 3.25. The summed E-state index contributed by atoms with van der Waals surface area (Å²) in [6.07, 6.45) is 2.47. The zero-order valence-electron chi connectivity index (χ0n) is 7.60. The van der Waals surface area contributed by atoms with Crippen LogP contribution in [0, 0.1) is 0 Å². The molecule has 0 aliphatic heterocycles. The number of pyridine rings is 1. The predicted octanol–water partition coefficient (Wildman–Crippen LogP) is 0.635. The highest BCUT2D eigenvalue weighted by Crippen LogP contribution is 1.95. The number of carbonyl (C=O) groups is 1. The lowest BCUT2D eigenvalue weighted by Gasteiger charge is -2.12. The van der Waals surface area contributed by atoms with Crippen molar-refractivity contribution >= 4 is 6.03 Å². The Balaban J connectivity index is 2.39. The van der Waals surface area contributed by atoms with Gasteiger partial charge < -0.3 is 10.6 Å². The van der Waals surface area contributed by atoms with Crippen molar-refractivity contribution in [1.82, 2.24) is 9.88 Å². The van der Waals surface area contributed by atoms with Crippen molar-refractivity contribution in [2.24, 2.45) is 5.73 Å². The van der Waals surface area contributed by atoms with Crippen molar-refractivity contribution in [3.05, 3.63) is 30.1 Å². The molecule has 2 amide bonds. The van der Waals surface area contributed by atoms with Gasteiger partial charge in [-0.15, -0.1) is 0 Å². The molecule has 1 aromatic rings. The average molecular weight is 179 g/mol. The molecule has 0 radical (unpaired) electrons. The monoisotopic (exact) mass is 179 g/mol. The number of likely N-dealkylation sites (N-methyl/N-ethyl adjacent to an activating group) is 1. The number of rotatable bonds is 3. The zero-order valence-corrected chi connectivity index (χ0v) is 7.60. The summed E-state index contributed by atoms with van der Waals surface area (Å²) in [6, 6.07) is 5.30. The lowest BCUT2D eigenvalue weighted by molar-refractivity contribution is 0.219. The average Bonchev–Trinajstić information content (AvgIpc) is 2.15. The van der Waals surface area contributed by atoms with Crippen LogP contribution in [0.1, 0.15) is 5.69 Å². The number of amides is 2. The molecule has 4 heteroatoms. The van der Waals surface area contributed by atoms with Gasteiger partial charge in [-0.1, -0.05) is 6.07 Å². The summed E-state index contributed by atoms with van der Waals surface area (Å²) in [5, 5.41) is 0. The van der Waals surface area contributed by atoms with E-state index in [0.717, 1.165) is 12.1 Å². The van der Waals surface area contributed by atoms with Gasteiger partial charge in [0, 0.05) is 31.9 Å². The Morgan fingerprint density at radius 2 is 2.38 bits per heavy atom. The summed E-state index contributed by atoms with van der Waals surface area (Å²) in [5.74, 6) is 0. The summed E-state index contributed by atoms with van der Waals surface area (Å²) in [7, 11) is 1.67. The Bertz CT molecular complexity index is 273. The fourth-order valence-electron chi connectivity index (χ4n) is 0.938. The van der Waals surface area contributed by atoms with Crippen LogP contribution in [-0.2, 0) is 6.42 Å². The second kappa shape index (κ2) is 4.45. The minimum atomic E-state index is -0.407. The number of urea groups is 1. The first kappa shape index (κ1) is 9.51. The van der Waals surface area contributed by atoms with Gasteiger partial charge in [-0.05, 0) is 12.1 Å². The molecule has 2 N–H and O–H groups in total. The van der Waals surface area contributed by atoms with Crippen molar-refractivity contribution in [3.8, 4) is 0 Å². The molecule has 0 saturated carbocycles. The van der Waals surface area contributed by atoms with Gasteiger partial charge >= 0.3 is 6.03 Å². The van der Waals surface area contributed by atoms with E-state index in [1.54, 1.807) is 13.2 Å². The van der Waals surface area contributed by atoms with E-state index in [0.29, 0.717) is 6.54 Å². The van der Waals surface area contributed by atoms with Crippen LogP contribution in [0.4, 0.5) is 4.79 Å². The zero-order chi connectivity index (χ0) is 9.68. The number of aromatic nitrogens is 1. The van der Waals surface area contributed by atoms with Gasteiger partial charge in [-0.3, -0.25) is 4.98 Å². The first-order chi connectivity index (χ1) is 6.20. The normalized spacial score (nSPS) is 9.62. The Morgan fingerprint density at radius 3 is 2.92 bits per heavy atom. The van der Waals surface area contributed by atoms with Crippen LogP contribution in [-0.4, -0.2) is 29.5 Å². The molecule has 0 aliphatic rings. The van der Waals surface area contributed by atoms with Crippen LogP contribution in [0.15, 0.2) is 24.4 Å². The van der Waals surface area contributed by atoms with E-state index < -0.39 is 6.03 Å². The Labute approximate surface area is 77.4 Å². The number of nitrogens with two attached hydrogens (primary N) is 1. The largest absolute Gasteiger partial charge is 0.351 e. The van der Waals surface area contributed by atoms with Crippen molar-refractivity contribution < 1.29 is 4.79 Å². The number of hydrogen-bond acceptors (Lipinski definition) is 2. The third-order valence-electron chi connectivity index (χ3n) is 1.81. The van der Waals surface area contributed by atoms with Gasteiger partial charge in [0.05, 0.1) is 0 Å². The summed E-state index contributed by atoms with van der Waals surface area (Å²) in [6.45, 7) is 0.604. The van der Waals surface area contributed by atoms with Crippen molar-refractivity contribution in [2.75, 3.05) is 13.6 Å². The van der Waals surface area contributed by atoms with Gasteiger partial charge in [0.25, 0.3) is 0 Å². The highest BCUT2D eigenvalue weighted by molar-refractivity contribution is 5.71. The van der Waals surface area contributed by atoms with E-state index in [1.165, 1.54) is 4.90 Å². The summed E-state index contributed by atoms with van der Waals surface area (Å²) in [5.41, 5.74) is 6.03. The maximum absolute atomic E-state index is 10.6. The van der Waals surface area contributed by atoms with Gasteiger partial charge in [0.15, 0.2) is 0 Å². The third kappa shape index (κ3) is 3.11. The minimum Gasteiger partial charge on any atom is -0.351 e. The number of carbonyl (C=O) groups excluding carboxylic acids is 1. The first-order valence-electron chi connectivity index (χ1n) is 4.10. The van der Waals surface area contributed by atoms with Crippen molar-refractivity contribution in [1.29, 1.82) is 0 Å². The molecule has 1 rings (SSSR count). The molecular formula is C9H13N3O. The molecule has 0 saturated heterocycles. The van der Waals surface area contributed by atoms with E-state index >= 15 is 0 Å². The van der Waals surface area contributed by atoms with Crippen LogP contribution < -0.4 is 5.73 Å². The smallest absolute Gasteiger partial charge is 0.314 e. The second-order valence-corrected chi connectivity index (χ2v) is 2.83. The molecule has 0 atom stereocenters. The fourth-order valence-corrected chi connectivity index (χ4v) is 0.938. The number of primary amides is 1. The van der Waals surface area contributed by atoms with E-state index in [2.05, 4.69) is 4.98 Å². The SMILES string of the molecule is CN(CCc1ccccn1)C(N)=O. The standard InChI is InChI=1S/C9H13N3O/c1-12(9(10)13)7-5-8-4-2-3-6-11-8/h2-4,6H,5,7H2,1H3,(H2,10,13). The molecule has 0 unspecified atom stereocenters. The van der Waals surface area contributed by atoms with Crippen molar-refractivity contribution in [2.45, 2.75) is 6.42 Å². The first-order valence-corrected chi connectivity index (χ1v) is 4.10. The Hall–Kier alpha value is -1.58. The van der Waals surface area contributed by atoms with Gasteiger partial charge in [-0.25, -0.2) is 4.79 Å². The van der Waals surface area contributed by atoms with Crippen LogP contribution in [0.5, 0.6) is 0 Å². The molecule has 0 fully saturated rings. The molecule has 1 aromatic heterocycles. The molecule has 0 aliphatic carbocycles. The lowest BCUT2D eigenvalue weighted by atomic mass is 10.2. The summed E-state index contributed by atoms with van der Waals surface area (Å²) in [4.78, 5) is 16.2. The molecule has 4 nitrogen and oxygen atoms in total. The molecule has 1 heterocycles. The summed E-state index contributed by atoms with van der Waals surface area (Å²) < 4.78 is 0. The third-order valence-corrected chi connectivity index (χ3v) is 1.81. The van der Waals surface area contributed by atoms with Crippen LogP contribution in [0.25, 0.3) is 0 Å². The van der Waals surface area contributed by atoms with Crippen LogP contribution in [0.3, 0.4) is 0 Å². The predicted molar refractivity (Wildman–Crippen MR) is 50.2 cm³/mol. The van der Waals surface area contributed by atoms with E-state index in [9.17, 15) is 4.79 Å². The van der Waals surface area contributed by atoms with Gasteiger partial charge in [0.2, 0.25) is 0 Å². The topological polar surface area (TPSA) is 59.2 Å². The fraction of sp³-hybridized carbons (Fsp3) is 0.333. The maximum Gasteiger partial charge on any atom is 0.314 e.